The number of anilines is 2. The molecule has 1 amide bonds. The fraction of sp³-hybridized carbons (Fsp3) is 0.267. The van der Waals surface area contributed by atoms with Crippen molar-refractivity contribution in [2.75, 3.05) is 16.8 Å². The lowest BCUT2D eigenvalue weighted by Crippen LogP contribution is -2.11. The number of nitrogens with two attached hydrogens (primary N) is 1. The number of benzene rings is 1. The minimum atomic E-state index is 0.0271. The number of thioether (sulfide) groups is 1. The van der Waals surface area contributed by atoms with Crippen LogP contribution in [0, 0.1) is 6.92 Å². The lowest BCUT2D eigenvalue weighted by atomic mass is 10.2. The third-order valence-electron chi connectivity index (χ3n) is 2.81. The molecule has 0 aliphatic rings. The van der Waals surface area contributed by atoms with E-state index in [2.05, 4.69) is 5.32 Å². The summed E-state index contributed by atoms with van der Waals surface area (Å²) in [6, 6.07) is 9.10. The molecule has 0 saturated heterocycles. The number of rotatable bonds is 6. The first-order valence-corrected chi connectivity index (χ1v) is 7.46. The molecule has 0 atom stereocenters. The Kier molecular flexibility index (Phi) is 5.12. The second kappa shape index (κ2) is 7.05. The minimum absolute atomic E-state index is 0.0271. The van der Waals surface area contributed by atoms with Crippen LogP contribution in [0.15, 0.2) is 45.9 Å². The Morgan fingerprint density at radius 1 is 1.30 bits per heavy atom. The molecule has 0 saturated carbocycles. The second-order valence-corrected chi connectivity index (χ2v) is 5.60. The molecule has 0 aliphatic carbocycles. The van der Waals surface area contributed by atoms with E-state index in [9.17, 15) is 4.79 Å². The first-order chi connectivity index (χ1) is 9.65. The van der Waals surface area contributed by atoms with Crippen LogP contribution in [-0.4, -0.2) is 11.7 Å². The van der Waals surface area contributed by atoms with E-state index in [0.717, 1.165) is 28.5 Å². The quantitative estimate of drug-likeness (QED) is 0.484. The number of amides is 1. The first kappa shape index (κ1) is 14.5. The molecule has 2 rings (SSSR count). The number of hydrogen-bond acceptors (Lipinski definition) is 4. The average Bonchev–Trinajstić information content (AvgIpc) is 2.83. The highest BCUT2D eigenvalue weighted by Gasteiger charge is 2.04. The molecule has 106 valence electrons. The van der Waals surface area contributed by atoms with Crippen LogP contribution < -0.4 is 11.1 Å². The fourth-order valence-electron chi connectivity index (χ4n) is 1.73. The molecule has 1 heterocycles. The maximum Gasteiger partial charge on any atom is 0.224 e. The molecule has 0 spiro atoms. The Labute approximate surface area is 122 Å². The Morgan fingerprint density at radius 2 is 2.05 bits per heavy atom. The summed E-state index contributed by atoms with van der Waals surface area (Å²) >= 11 is 1.71. The second-order valence-electron chi connectivity index (χ2n) is 4.46. The van der Waals surface area contributed by atoms with Crippen molar-refractivity contribution >= 4 is 29.0 Å². The summed E-state index contributed by atoms with van der Waals surface area (Å²) in [6.45, 7) is 1.94. The van der Waals surface area contributed by atoms with Gasteiger partial charge in [0.05, 0.1) is 6.26 Å². The third-order valence-corrected chi connectivity index (χ3v) is 4.04. The van der Waals surface area contributed by atoms with Crippen molar-refractivity contribution in [3.63, 3.8) is 0 Å². The smallest absolute Gasteiger partial charge is 0.224 e. The molecule has 0 aliphatic heterocycles. The number of aryl methyl sites for hydroxylation is 1. The summed E-state index contributed by atoms with van der Waals surface area (Å²) in [5.41, 5.74) is 7.06. The lowest BCUT2D eigenvalue weighted by Gasteiger charge is -2.05. The number of nitrogens with one attached hydrogen (secondary N) is 1. The van der Waals surface area contributed by atoms with Crippen LogP contribution in [0.1, 0.15) is 18.6 Å². The van der Waals surface area contributed by atoms with E-state index in [4.69, 9.17) is 10.2 Å². The van der Waals surface area contributed by atoms with Gasteiger partial charge in [-0.25, -0.2) is 0 Å². The molecule has 0 bridgehead atoms. The molecule has 0 radical (unpaired) electrons. The molecule has 2 aromatic rings. The van der Waals surface area contributed by atoms with E-state index in [1.165, 1.54) is 0 Å². The van der Waals surface area contributed by atoms with Gasteiger partial charge in [-0.1, -0.05) is 0 Å². The van der Waals surface area contributed by atoms with E-state index in [-0.39, 0.29) is 5.91 Å². The highest BCUT2D eigenvalue weighted by molar-refractivity contribution is 7.99. The van der Waals surface area contributed by atoms with E-state index in [0.29, 0.717) is 12.1 Å². The normalized spacial score (nSPS) is 10.4. The van der Waals surface area contributed by atoms with Gasteiger partial charge in [0.1, 0.15) is 5.76 Å². The Morgan fingerprint density at radius 3 is 2.70 bits per heavy atom. The Hall–Kier alpha value is -1.88. The Bertz CT molecular complexity index is 564. The van der Waals surface area contributed by atoms with E-state index in [1.807, 2.05) is 13.0 Å². The molecule has 20 heavy (non-hydrogen) atoms. The van der Waals surface area contributed by atoms with E-state index < -0.39 is 0 Å². The van der Waals surface area contributed by atoms with Crippen LogP contribution in [0.2, 0.25) is 0 Å². The molecular formula is C15H18N2O2S. The highest BCUT2D eigenvalue weighted by atomic mass is 32.2. The van der Waals surface area contributed by atoms with Crippen LogP contribution >= 0.6 is 11.8 Å². The van der Waals surface area contributed by atoms with Crippen LogP contribution in [0.3, 0.4) is 0 Å². The van der Waals surface area contributed by atoms with Crippen LogP contribution in [0.25, 0.3) is 0 Å². The molecule has 1 aromatic carbocycles. The molecule has 5 heteroatoms. The van der Waals surface area contributed by atoms with Gasteiger partial charge in [0, 0.05) is 22.7 Å². The Balaban J connectivity index is 1.68. The van der Waals surface area contributed by atoms with Gasteiger partial charge in [0.2, 0.25) is 5.91 Å². The zero-order chi connectivity index (χ0) is 14.4. The standard InChI is InChI=1S/C15H18N2O2S/c1-11-14(8-9-19-11)20-10-2-3-15(18)17-13-6-4-12(16)5-7-13/h4-9H,2-3,10,16H2,1H3,(H,17,18). The van der Waals surface area contributed by atoms with Crippen molar-refractivity contribution in [3.8, 4) is 0 Å². The van der Waals surface area contributed by atoms with Gasteiger partial charge in [-0.05, 0) is 49.4 Å². The topological polar surface area (TPSA) is 68.3 Å². The molecule has 1 aromatic heterocycles. The van der Waals surface area contributed by atoms with Gasteiger partial charge in [0.15, 0.2) is 0 Å². The largest absolute Gasteiger partial charge is 0.468 e. The number of carbonyl (C=O) groups is 1. The molecule has 0 fully saturated rings. The van der Waals surface area contributed by atoms with E-state index >= 15 is 0 Å². The van der Waals surface area contributed by atoms with Crippen molar-refractivity contribution in [1.82, 2.24) is 0 Å². The first-order valence-electron chi connectivity index (χ1n) is 6.47. The predicted molar refractivity (Wildman–Crippen MR) is 82.9 cm³/mol. The number of nitrogen functional groups attached to an aromatic ring is 1. The summed E-state index contributed by atoms with van der Waals surface area (Å²) in [4.78, 5) is 12.9. The summed E-state index contributed by atoms with van der Waals surface area (Å²) in [7, 11) is 0. The number of hydrogen-bond donors (Lipinski definition) is 2. The van der Waals surface area contributed by atoms with Crippen molar-refractivity contribution < 1.29 is 9.21 Å². The van der Waals surface area contributed by atoms with Gasteiger partial charge in [0.25, 0.3) is 0 Å². The van der Waals surface area contributed by atoms with Crippen LogP contribution in [0.5, 0.6) is 0 Å². The summed E-state index contributed by atoms with van der Waals surface area (Å²) in [6.07, 6.45) is 3.02. The van der Waals surface area contributed by atoms with Crippen molar-refractivity contribution in [1.29, 1.82) is 0 Å². The maximum absolute atomic E-state index is 11.8. The number of carbonyl (C=O) groups excluding carboxylic acids is 1. The average molecular weight is 290 g/mol. The van der Waals surface area contributed by atoms with Gasteiger partial charge < -0.3 is 15.5 Å². The SMILES string of the molecule is Cc1occc1SCCCC(=O)Nc1ccc(N)cc1. The van der Waals surface area contributed by atoms with Crippen LogP contribution in [0.4, 0.5) is 11.4 Å². The van der Waals surface area contributed by atoms with Crippen molar-refractivity contribution in [2.24, 2.45) is 0 Å². The monoisotopic (exact) mass is 290 g/mol. The van der Waals surface area contributed by atoms with E-state index in [1.54, 1.807) is 42.3 Å². The summed E-state index contributed by atoms with van der Waals surface area (Å²) in [5, 5.41) is 2.85. The third kappa shape index (κ3) is 4.35. The fourth-order valence-corrected chi connectivity index (χ4v) is 2.64. The zero-order valence-corrected chi connectivity index (χ0v) is 12.2. The minimum Gasteiger partial charge on any atom is -0.468 e. The van der Waals surface area contributed by atoms with Gasteiger partial charge in [-0.15, -0.1) is 11.8 Å². The predicted octanol–water partition coefficient (Wildman–Crippen LogP) is 3.68. The van der Waals surface area contributed by atoms with Gasteiger partial charge >= 0.3 is 0 Å². The van der Waals surface area contributed by atoms with Gasteiger partial charge in [-0.2, -0.15) is 0 Å². The zero-order valence-electron chi connectivity index (χ0n) is 11.4. The lowest BCUT2D eigenvalue weighted by molar-refractivity contribution is -0.116. The number of furan rings is 1. The highest BCUT2D eigenvalue weighted by Crippen LogP contribution is 2.24. The molecule has 3 N–H and O–H groups in total. The van der Waals surface area contributed by atoms with Crippen molar-refractivity contribution in [2.45, 2.75) is 24.7 Å². The molecule has 0 unspecified atom stereocenters. The molecular weight excluding hydrogens is 272 g/mol. The molecule has 4 nitrogen and oxygen atoms in total. The maximum atomic E-state index is 11.8. The van der Waals surface area contributed by atoms with Crippen LogP contribution in [-0.2, 0) is 4.79 Å². The summed E-state index contributed by atoms with van der Waals surface area (Å²) in [5.74, 6) is 1.86. The summed E-state index contributed by atoms with van der Waals surface area (Å²) < 4.78 is 5.22. The van der Waals surface area contributed by atoms with Crippen molar-refractivity contribution in [3.05, 3.63) is 42.4 Å². The van der Waals surface area contributed by atoms with Gasteiger partial charge in [-0.3, -0.25) is 4.79 Å².